The lowest BCUT2D eigenvalue weighted by atomic mass is 9.77. The maximum Gasteiger partial charge on any atom is 0.335 e. The van der Waals surface area contributed by atoms with Gasteiger partial charge in [-0.25, -0.2) is 4.79 Å². The largest absolute Gasteiger partial charge is 0.497 e. The number of carbonyl (C=O) groups excluding carboxylic acids is 2. The zero-order valence-electron chi connectivity index (χ0n) is 16.3. The van der Waals surface area contributed by atoms with Crippen molar-refractivity contribution in [2.45, 2.75) is 49.9 Å². The van der Waals surface area contributed by atoms with E-state index < -0.39 is 23.7 Å². The van der Waals surface area contributed by atoms with Gasteiger partial charge in [-0.15, -0.1) is 0 Å². The van der Waals surface area contributed by atoms with Crippen molar-refractivity contribution in [1.82, 2.24) is 4.90 Å². The third-order valence-corrected chi connectivity index (χ3v) is 6.45. The molecule has 0 radical (unpaired) electrons. The number of hydrogen-bond acceptors (Lipinski definition) is 7. The van der Waals surface area contributed by atoms with E-state index in [2.05, 4.69) is 0 Å². The number of hydrogen-bond donors (Lipinski definition) is 1. The number of nitrogens with zero attached hydrogens (tertiary/aromatic N) is 1. The van der Waals surface area contributed by atoms with Crippen molar-refractivity contribution in [2.75, 3.05) is 20.4 Å². The van der Waals surface area contributed by atoms with Gasteiger partial charge in [-0.1, -0.05) is 0 Å². The van der Waals surface area contributed by atoms with E-state index in [-0.39, 0.29) is 18.6 Å². The zero-order valence-corrected chi connectivity index (χ0v) is 16.3. The van der Waals surface area contributed by atoms with Crippen molar-refractivity contribution in [3.05, 3.63) is 35.1 Å². The SMILES string of the molecule is COC1=C[C@]23CCC(=O)N2CCc2cc4c(cc2[C@@H]3[C@@H]1OC(=O)[C@H](C)O)OCO4. The first kappa shape index (κ1) is 18.3. The van der Waals surface area contributed by atoms with Crippen molar-refractivity contribution in [3.8, 4) is 11.5 Å². The first-order valence-corrected chi connectivity index (χ1v) is 9.83. The Bertz CT molecular complexity index is 924. The topological polar surface area (TPSA) is 94.5 Å². The lowest BCUT2D eigenvalue weighted by Crippen LogP contribution is -2.49. The second-order valence-corrected chi connectivity index (χ2v) is 7.95. The highest BCUT2D eigenvalue weighted by molar-refractivity contribution is 5.82. The quantitative estimate of drug-likeness (QED) is 0.762. The van der Waals surface area contributed by atoms with Crippen LogP contribution in [0.2, 0.25) is 0 Å². The van der Waals surface area contributed by atoms with Gasteiger partial charge >= 0.3 is 5.97 Å². The van der Waals surface area contributed by atoms with Crippen LogP contribution in [0.25, 0.3) is 0 Å². The number of esters is 1. The molecule has 1 aliphatic carbocycles. The molecule has 5 rings (SSSR count). The number of amides is 1. The van der Waals surface area contributed by atoms with Gasteiger partial charge in [0.15, 0.2) is 17.6 Å². The Morgan fingerprint density at radius 1 is 1.31 bits per heavy atom. The average Bonchev–Trinajstić information content (AvgIpc) is 3.34. The highest BCUT2D eigenvalue weighted by atomic mass is 16.7. The molecule has 1 saturated heterocycles. The summed E-state index contributed by atoms with van der Waals surface area (Å²) in [6, 6.07) is 3.89. The second kappa shape index (κ2) is 6.38. The molecule has 3 aliphatic heterocycles. The van der Waals surface area contributed by atoms with Crippen LogP contribution < -0.4 is 9.47 Å². The molecule has 3 heterocycles. The summed E-state index contributed by atoms with van der Waals surface area (Å²) >= 11 is 0. The fourth-order valence-corrected chi connectivity index (χ4v) is 5.16. The smallest absolute Gasteiger partial charge is 0.335 e. The molecule has 0 saturated carbocycles. The van der Waals surface area contributed by atoms with Crippen LogP contribution in [0.5, 0.6) is 11.5 Å². The summed E-state index contributed by atoms with van der Waals surface area (Å²) in [6.07, 6.45) is 1.65. The Morgan fingerprint density at radius 3 is 2.79 bits per heavy atom. The summed E-state index contributed by atoms with van der Waals surface area (Å²) in [4.78, 5) is 26.9. The summed E-state index contributed by atoms with van der Waals surface area (Å²) in [5, 5.41) is 9.71. The van der Waals surface area contributed by atoms with Crippen LogP contribution in [0.1, 0.15) is 36.8 Å². The van der Waals surface area contributed by atoms with Gasteiger partial charge < -0.3 is 29.0 Å². The van der Waals surface area contributed by atoms with Crippen LogP contribution in [0.15, 0.2) is 24.0 Å². The third kappa shape index (κ3) is 2.55. The molecule has 1 spiro atoms. The molecule has 1 aromatic carbocycles. The molecule has 29 heavy (non-hydrogen) atoms. The molecular formula is C21H23NO7. The van der Waals surface area contributed by atoms with Crippen molar-refractivity contribution in [2.24, 2.45) is 0 Å². The molecule has 0 aromatic heterocycles. The lowest BCUT2D eigenvalue weighted by Gasteiger charge is -2.39. The first-order chi connectivity index (χ1) is 13.9. The minimum atomic E-state index is -1.26. The molecule has 154 valence electrons. The fourth-order valence-electron chi connectivity index (χ4n) is 5.16. The molecule has 1 N–H and O–H groups in total. The number of fused-ring (bicyclic) bond motifs is 3. The molecule has 4 aliphatic rings. The molecule has 8 heteroatoms. The van der Waals surface area contributed by atoms with Crippen molar-refractivity contribution in [3.63, 3.8) is 0 Å². The highest BCUT2D eigenvalue weighted by Gasteiger charge is 2.60. The first-order valence-electron chi connectivity index (χ1n) is 9.83. The number of ether oxygens (including phenoxy) is 4. The molecule has 8 nitrogen and oxygen atoms in total. The van der Waals surface area contributed by atoms with Gasteiger partial charge in [0, 0.05) is 13.0 Å². The van der Waals surface area contributed by atoms with E-state index in [1.807, 2.05) is 23.1 Å². The number of methoxy groups -OCH3 is 1. The Morgan fingerprint density at radius 2 is 2.07 bits per heavy atom. The number of aliphatic hydroxyl groups excluding tert-OH is 1. The predicted octanol–water partition coefficient (Wildman–Crippen LogP) is 1.25. The van der Waals surface area contributed by atoms with E-state index in [1.165, 1.54) is 14.0 Å². The fraction of sp³-hybridized carbons (Fsp3) is 0.524. The molecule has 0 unspecified atom stereocenters. The van der Waals surface area contributed by atoms with Gasteiger partial charge in [0.25, 0.3) is 0 Å². The maximum absolute atomic E-state index is 12.7. The summed E-state index contributed by atoms with van der Waals surface area (Å²) in [7, 11) is 1.53. The van der Waals surface area contributed by atoms with Crippen LogP contribution in [-0.4, -0.2) is 60.1 Å². The average molecular weight is 401 g/mol. The van der Waals surface area contributed by atoms with Gasteiger partial charge in [0.2, 0.25) is 12.7 Å². The predicted molar refractivity (Wildman–Crippen MR) is 99.3 cm³/mol. The van der Waals surface area contributed by atoms with Crippen molar-refractivity contribution >= 4 is 11.9 Å². The van der Waals surface area contributed by atoms with Crippen LogP contribution in [0.3, 0.4) is 0 Å². The summed E-state index contributed by atoms with van der Waals surface area (Å²) in [6.45, 7) is 2.10. The van der Waals surface area contributed by atoms with Gasteiger partial charge in [-0.3, -0.25) is 4.79 Å². The van der Waals surface area contributed by atoms with E-state index >= 15 is 0 Å². The normalized spacial score (nSPS) is 30.1. The van der Waals surface area contributed by atoms with Gasteiger partial charge in [0.05, 0.1) is 18.6 Å². The molecular weight excluding hydrogens is 378 g/mol. The number of carbonyl (C=O) groups is 2. The standard InChI is InChI=1S/C21H23NO7/c1-11(23)20(25)29-19-16(26-2)9-21-5-3-17(24)22(21)6-4-12-7-14-15(28-10-27-14)8-13(12)18(19)21/h7-9,11,18-19,23H,3-6,10H2,1-2H3/t11-,18+,19+,21-/m0/s1. The van der Waals surface area contributed by atoms with Gasteiger partial charge in [-0.05, 0) is 49.1 Å². The van der Waals surface area contributed by atoms with Crippen LogP contribution in [0, 0.1) is 0 Å². The number of benzene rings is 1. The Balaban J connectivity index is 1.68. The van der Waals surface area contributed by atoms with Crippen molar-refractivity contribution in [1.29, 1.82) is 0 Å². The van der Waals surface area contributed by atoms with Gasteiger partial charge in [0.1, 0.15) is 11.9 Å². The molecule has 0 bridgehead atoms. The Labute approximate surface area is 168 Å². The van der Waals surface area contributed by atoms with E-state index in [4.69, 9.17) is 18.9 Å². The van der Waals surface area contributed by atoms with E-state index in [0.717, 1.165) is 11.1 Å². The second-order valence-electron chi connectivity index (χ2n) is 7.95. The van der Waals surface area contributed by atoms with Crippen LogP contribution in [0.4, 0.5) is 0 Å². The maximum atomic E-state index is 12.7. The van der Waals surface area contributed by atoms with E-state index in [0.29, 0.717) is 43.1 Å². The molecule has 1 aromatic rings. The van der Waals surface area contributed by atoms with E-state index in [1.54, 1.807) is 0 Å². The third-order valence-electron chi connectivity index (χ3n) is 6.45. The Hall–Kier alpha value is -2.74. The summed E-state index contributed by atoms with van der Waals surface area (Å²) in [5.41, 5.74) is 1.35. The van der Waals surface area contributed by atoms with E-state index in [9.17, 15) is 14.7 Å². The molecule has 4 atom stereocenters. The van der Waals surface area contributed by atoms with Crippen molar-refractivity contribution < 1.29 is 33.6 Å². The summed E-state index contributed by atoms with van der Waals surface area (Å²) < 4.78 is 22.4. The molecule has 1 fully saturated rings. The van der Waals surface area contributed by atoms with Gasteiger partial charge in [-0.2, -0.15) is 0 Å². The number of rotatable bonds is 3. The Kier molecular flexibility index (Phi) is 4.03. The monoisotopic (exact) mass is 401 g/mol. The lowest BCUT2D eigenvalue weighted by molar-refractivity contribution is -0.159. The zero-order chi connectivity index (χ0) is 20.3. The van der Waals surface area contributed by atoms with Crippen LogP contribution in [-0.2, 0) is 25.5 Å². The van der Waals surface area contributed by atoms with Crippen LogP contribution >= 0.6 is 0 Å². The summed E-state index contributed by atoms with van der Waals surface area (Å²) in [5.74, 6) is 0.826. The molecule has 1 amide bonds. The minimum Gasteiger partial charge on any atom is -0.497 e. The minimum absolute atomic E-state index is 0.0806. The number of aliphatic hydroxyl groups is 1. The highest BCUT2D eigenvalue weighted by Crippen LogP contribution is 2.55.